The summed E-state index contributed by atoms with van der Waals surface area (Å²) in [6, 6.07) is 4.80. The van der Waals surface area contributed by atoms with Gasteiger partial charge < -0.3 is 5.73 Å². The molecule has 0 aliphatic carbocycles. The molecule has 1 aliphatic rings. The minimum atomic E-state index is -0.290. The van der Waals surface area contributed by atoms with Gasteiger partial charge in [0.1, 0.15) is 5.82 Å². The molecule has 1 aromatic rings. The summed E-state index contributed by atoms with van der Waals surface area (Å²) in [4.78, 5) is 2.24. The van der Waals surface area contributed by atoms with Gasteiger partial charge in [-0.15, -0.1) is 12.4 Å². The van der Waals surface area contributed by atoms with Crippen LogP contribution in [-0.4, -0.2) is 24.0 Å². The van der Waals surface area contributed by atoms with Gasteiger partial charge in [0.25, 0.3) is 0 Å². The molecule has 0 spiro atoms. The molecular formula is C11H15Cl2FN2. The molecule has 5 heteroatoms. The molecule has 0 amide bonds. The summed E-state index contributed by atoms with van der Waals surface area (Å²) in [5, 5.41) is 0.496. The molecule has 2 rings (SSSR count). The predicted molar refractivity (Wildman–Crippen MR) is 66.5 cm³/mol. The van der Waals surface area contributed by atoms with Gasteiger partial charge in [0.2, 0.25) is 0 Å². The van der Waals surface area contributed by atoms with Crippen LogP contribution >= 0.6 is 24.0 Å². The third-order valence-corrected chi connectivity index (χ3v) is 3.07. The summed E-state index contributed by atoms with van der Waals surface area (Å²) in [6.07, 6.45) is 1.03. The molecule has 0 unspecified atom stereocenters. The van der Waals surface area contributed by atoms with Crippen LogP contribution < -0.4 is 5.73 Å². The molecule has 90 valence electrons. The predicted octanol–water partition coefficient (Wildman–Crippen LogP) is 2.43. The van der Waals surface area contributed by atoms with Crippen molar-refractivity contribution < 1.29 is 4.39 Å². The molecule has 1 aromatic carbocycles. The van der Waals surface area contributed by atoms with E-state index >= 15 is 0 Å². The fourth-order valence-electron chi connectivity index (χ4n) is 1.90. The Morgan fingerprint density at radius 2 is 2.25 bits per heavy atom. The van der Waals surface area contributed by atoms with Crippen LogP contribution in [-0.2, 0) is 6.54 Å². The Morgan fingerprint density at radius 3 is 2.81 bits per heavy atom. The van der Waals surface area contributed by atoms with E-state index in [-0.39, 0.29) is 24.3 Å². The van der Waals surface area contributed by atoms with Crippen LogP contribution in [0.5, 0.6) is 0 Å². The maximum absolute atomic E-state index is 12.8. The van der Waals surface area contributed by atoms with Crippen molar-refractivity contribution in [3.05, 3.63) is 34.6 Å². The van der Waals surface area contributed by atoms with Crippen molar-refractivity contribution in [2.45, 2.75) is 19.0 Å². The monoisotopic (exact) mass is 264 g/mol. The van der Waals surface area contributed by atoms with Gasteiger partial charge in [-0.1, -0.05) is 17.7 Å². The molecule has 0 saturated carbocycles. The van der Waals surface area contributed by atoms with E-state index in [0.717, 1.165) is 31.6 Å². The molecule has 2 nitrogen and oxygen atoms in total. The van der Waals surface area contributed by atoms with E-state index in [2.05, 4.69) is 4.90 Å². The second kappa shape index (κ2) is 5.82. The first-order valence-electron chi connectivity index (χ1n) is 5.07. The van der Waals surface area contributed by atoms with Crippen LogP contribution in [0, 0.1) is 5.82 Å². The summed E-state index contributed by atoms with van der Waals surface area (Å²) < 4.78 is 12.8. The fraction of sp³-hybridized carbons (Fsp3) is 0.455. The van der Waals surface area contributed by atoms with E-state index in [1.807, 2.05) is 0 Å². The number of hydrogen-bond donors (Lipinski definition) is 1. The average Bonchev–Trinajstić information content (AvgIpc) is 2.56. The highest BCUT2D eigenvalue weighted by Gasteiger charge is 2.19. The Morgan fingerprint density at radius 1 is 1.50 bits per heavy atom. The van der Waals surface area contributed by atoms with Crippen LogP contribution in [0.2, 0.25) is 5.02 Å². The number of halogens is 3. The van der Waals surface area contributed by atoms with Gasteiger partial charge in [0.05, 0.1) is 0 Å². The van der Waals surface area contributed by atoms with Gasteiger partial charge in [-0.05, 0) is 24.1 Å². The van der Waals surface area contributed by atoms with Gasteiger partial charge in [0.15, 0.2) is 0 Å². The second-order valence-corrected chi connectivity index (χ2v) is 4.43. The molecule has 1 aliphatic heterocycles. The third-order valence-electron chi connectivity index (χ3n) is 2.72. The average molecular weight is 265 g/mol. The lowest BCUT2D eigenvalue weighted by atomic mass is 10.2. The summed E-state index contributed by atoms with van der Waals surface area (Å²) in [6.45, 7) is 2.65. The smallest absolute Gasteiger partial charge is 0.124 e. The maximum Gasteiger partial charge on any atom is 0.124 e. The van der Waals surface area contributed by atoms with Crippen molar-refractivity contribution in [1.82, 2.24) is 4.90 Å². The largest absolute Gasteiger partial charge is 0.326 e. The molecular weight excluding hydrogens is 250 g/mol. The number of hydrogen-bond acceptors (Lipinski definition) is 2. The van der Waals surface area contributed by atoms with Crippen LogP contribution in [0.15, 0.2) is 18.2 Å². The van der Waals surface area contributed by atoms with Crippen molar-refractivity contribution in [2.24, 2.45) is 5.73 Å². The Labute approximate surface area is 106 Å². The first kappa shape index (κ1) is 13.7. The van der Waals surface area contributed by atoms with Gasteiger partial charge in [-0.2, -0.15) is 0 Å². The van der Waals surface area contributed by atoms with E-state index < -0.39 is 0 Å². The van der Waals surface area contributed by atoms with E-state index in [9.17, 15) is 4.39 Å². The zero-order chi connectivity index (χ0) is 10.8. The zero-order valence-corrected chi connectivity index (χ0v) is 10.4. The number of nitrogens with two attached hydrogens (primary N) is 1. The Bertz CT molecular complexity index is 360. The van der Waals surface area contributed by atoms with Crippen LogP contribution in [0.3, 0.4) is 0 Å². The second-order valence-electron chi connectivity index (χ2n) is 4.02. The summed E-state index contributed by atoms with van der Waals surface area (Å²) in [7, 11) is 0. The molecule has 0 bridgehead atoms. The van der Waals surface area contributed by atoms with Crippen LogP contribution in [0.25, 0.3) is 0 Å². The number of benzene rings is 1. The number of rotatable bonds is 2. The van der Waals surface area contributed by atoms with Crippen molar-refractivity contribution in [2.75, 3.05) is 13.1 Å². The highest BCUT2D eigenvalue weighted by Crippen LogP contribution is 2.20. The zero-order valence-electron chi connectivity index (χ0n) is 8.83. The van der Waals surface area contributed by atoms with E-state index in [1.54, 1.807) is 6.07 Å². The van der Waals surface area contributed by atoms with Gasteiger partial charge in [-0.25, -0.2) is 4.39 Å². The van der Waals surface area contributed by atoms with Gasteiger partial charge in [0, 0.05) is 30.7 Å². The lowest BCUT2D eigenvalue weighted by Gasteiger charge is -2.15. The minimum Gasteiger partial charge on any atom is -0.326 e. The fourth-order valence-corrected chi connectivity index (χ4v) is 2.12. The molecule has 2 N–H and O–H groups in total. The van der Waals surface area contributed by atoms with E-state index in [4.69, 9.17) is 17.3 Å². The Kier molecular flexibility index (Phi) is 4.99. The molecule has 0 aromatic heterocycles. The van der Waals surface area contributed by atoms with E-state index in [1.165, 1.54) is 12.1 Å². The topological polar surface area (TPSA) is 29.3 Å². The lowest BCUT2D eigenvalue weighted by molar-refractivity contribution is 0.327. The molecule has 1 atom stereocenters. The van der Waals surface area contributed by atoms with Gasteiger partial charge >= 0.3 is 0 Å². The van der Waals surface area contributed by atoms with Crippen molar-refractivity contribution in [3.8, 4) is 0 Å². The Balaban J connectivity index is 0.00000128. The maximum atomic E-state index is 12.8. The third kappa shape index (κ3) is 3.32. The normalized spacial score (nSPS) is 20.8. The van der Waals surface area contributed by atoms with Gasteiger partial charge in [-0.3, -0.25) is 4.90 Å². The standard InChI is InChI=1S/C11H14ClFN2.ClH/c12-11-5-9(13)2-1-8(11)6-15-4-3-10(14)7-15;/h1-2,5,10H,3-4,6-7,14H2;1H/t10-;/m0./s1. The van der Waals surface area contributed by atoms with Crippen molar-refractivity contribution in [1.29, 1.82) is 0 Å². The molecule has 0 radical (unpaired) electrons. The highest BCUT2D eigenvalue weighted by molar-refractivity contribution is 6.31. The summed E-state index contributed by atoms with van der Waals surface area (Å²) >= 11 is 5.95. The SMILES string of the molecule is Cl.N[C@H]1CCN(Cc2ccc(F)cc2Cl)C1. The Hall–Kier alpha value is -0.350. The van der Waals surface area contributed by atoms with Crippen LogP contribution in [0.4, 0.5) is 4.39 Å². The van der Waals surface area contributed by atoms with Crippen molar-refractivity contribution in [3.63, 3.8) is 0 Å². The summed E-state index contributed by atoms with van der Waals surface area (Å²) in [5.74, 6) is -0.290. The molecule has 16 heavy (non-hydrogen) atoms. The molecule has 1 saturated heterocycles. The quantitative estimate of drug-likeness (QED) is 0.889. The molecule has 1 fully saturated rings. The minimum absolute atomic E-state index is 0. The highest BCUT2D eigenvalue weighted by atomic mass is 35.5. The van der Waals surface area contributed by atoms with Crippen molar-refractivity contribution >= 4 is 24.0 Å². The number of nitrogens with zero attached hydrogens (tertiary/aromatic N) is 1. The molecule has 1 heterocycles. The summed E-state index contributed by atoms with van der Waals surface area (Å²) in [5.41, 5.74) is 6.77. The number of likely N-dealkylation sites (tertiary alicyclic amines) is 1. The van der Waals surface area contributed by atoms with Crippen LogP contribution in [0.1, 0.15) is 12.0 Å². The first-order valence-corrected chi connectivity index (χ1v) is 5.45. The van der Waals surface area contributed by atoms with E-state index in [0.29, 0.717) is 5.02 Å². The lowest BCUT2D eigenvalue weighted by Crippen LogP contribution is -2.26. The first-order chi connectivity index (χ1) is 7.15.